The molecule has 1 aliphatic carbocycles. The Hall–Kier alpha value is -2.93. The molecule has 0 radical (unpaired) electrons. The van der Waals surface area contributed by atoms with Crippen molar-refractivity contribution in [3.05, 3.63) is 75.3 Å². The molecule has 0 heterocycles. The molecule has 0 saturated heterocycles. The van der Waals surface area contributed by atoms with Gasteiger partial charge in [-0.05, 0) is 55.2 Å². The Balaban J connectivity index is 1.79. The van der Waals surface area contributed by atoms with Crippen LogP contribution >= 0.6 is 0 Å². The van der Waals surface area contributed by atoms with Gasteiger partial charge in [-0.2, -0.15) is 0 Å². The van der Waals surface area contributed by atoms with E-state index in [1.165, 1.54) is 38.5 Å². The fourth-order valence-electron chi connectivity index (χ4n) is 4.97. The third kappa shape index (κ3) is 8.94. The van der Waals surface area contributed by atoms with E-state index >= 15 is 0 Å². The Morgan fingerprint density at radius 3 is 2.33 bits per heavy atom. The standard InChI is InChI=1S/C29H40N2O5/c32-20-12-6-11-19-30(29(33)36-23-24-13-7-5-8-14-24)22-27-21-26(17-18-28(27)31(34)35)25-15-9-3-1-2-4-10-16-25/h5,7-8,13-14,17-18,21,25,32H,1-4,6,9-12,15-16,19-20,22-23H2. The van der Waals surface area contributed by atoms with Crippen molar-refractivity contribution in [3.8, 4) is 0 Å². The summed E-state index contributed by atoms with van der Waals surface area (Å²) in [5.41, 5.74) is 2.61. The summed E-state index contributed by atoms with van der Waals surface area (Å²) in [4.78, 5) is 26.1. The van der Waals surface area contributed by atoms with Crippen molar-refractivity contribution in [1.29, 1.82) is 0 Å². The van der Waals surface area contributed by atoms with Gasteiger partial charge in [0.2, 0.25) is 0 Å². The zero-order chi connectivity index (χ0) is 25.6. The second-order valence-electron chi connectivity index (χ2n) is 9.79. The number of carbonyl (C=O) groups excluding carboxylic acids is 1. The number of hydrogen-bond donors (Lipinski definition) is 1. The van der Waals surface area contributed by atoms with Crippen molar-refractivity contribution in [2.75, 3.05) is 13.2 Å². The lowest BCUT2D eigenvalue weighted by atomic mass is 9.88. The minimum atomic E-state index is -0.481. The maximum absolute atomic E-state index is 13.1. The molecular formula is C29H40N2O5. The molecule has 0 atom stereocenters. The van der Waals surface area contributed by atoms with Gasteiger partial charge in [0.15, 0.2) is 0 Å². The summed E-state index contributed by atoms with van der Waals surface area (Å²) in [6.07, 6.45) is 11.2. The summed E-state index contributed by atoms with van der Waals surface area (Å²) >= 11 is 0. The van der Waals surface area contributed by atoms with Crippen LogP contribution in [0.5, 0.6) is 0 Å². The first-order chi connectivity index (χ1) is 17.6. The average Bonchev–Trinajstić information content (AvgIpc) is 3.03. The molecule has 1 saturated carbocycles. The third-order valence-corrected chi connectivity index (χ3v) is 7.04. The first-order valence-electron chi connectivity index (χ1n) is 13.4. The van der Waals surface area contributed by atoms with Gasteiger partial charge < -0.3 is 14.7 Å². The Labute approximate surface area is 214 Å². The van der Waals surface area contributed by atoms with Gasteiger partial charge in [0.05, 0.1) is 11.5 Å². The quantitative estimate of drug-likeness (QED) is 0.203. The highest BCUT2D eigenvalue weighted by molar-refractivity contribution is 5.68. The molecule has 0 aromatic heterocycles. The summed E-state index contributed by atoms with van der Waals surface area (Å²) < 4.78 is 5.58. The van der Waals surface area contributed by atoms with Gasteiger partial charge in [-0.3, -0.25) is 10.1 Å². The molecule has 0 spiro atoms. The van der Waals surface area contributed by atoms with E-state index in [-0.39, 0.29) is 30.4 Å². The molecular weight excluding hydrogens is 456 g/mol. The first-order valence-corrected chi connectivity index (χ1v) is 13.4. The molecule has 1 amide bonds. The summed E-state index contributed by atoms with van der Waals surface area (Å²) in [6, 6.07) is 14.9. The highest BCUT2D eigenvalue weighted by Gasteiger charge is 2.23. The van der Waals surface area contributed by atoms with Crippen LogP contribution in [0.4, 0.5) is 10.5 Å². The number of aliphatic hydroxyl groups is 1. The summed E-state index contributed by atoms with van der Waals surface area (Å²) in [5, 5.41) is 21.0. The van der Waals surface area contributed by atoms with Crippen LogP contribution in [0.1, 0.15) is 93.2 Å². The molecule has 0 aliphatic heterocycles. The first kappa shape index (κ1) is 27.7. The fraction of sp³-hybridized carbons (Fsp3) is 0.552. The number of benzene rings is 2. The number of nitrogens with zero attached hydrogens (tertiary/aromatic N) is 2. The zero-order valence-electron chi connectivity index (χ0n) is 21.3. The summed E-state index contributed by atoms with van der Waals surface area (Å²) in [6.45, 7) is 0.798. The molecule has 1 N–H and O–H groups in total. The number of unbranched alkanes of at least 4 members (excludes halogenated alkanes) is 2. The van der Waals surface area contributed by atoms with E-state index in [0.717, 1.165) is 30.4 Å². The number of aliphatic hydroxyl groups excluding tert-OH is 1. The lowest BCUT2D eigenvalue weighted by Gasteiger charge is -2.23. The lowest BCUT2D eigenvalue weighted by molar-refractivity contribution is -0.385. The van der Waals surface area contributed by atoms with Crippen molar-refractivity contribution in [3.63, 3.8) is 0 Å². The number of nitro benzene ring substituents is 1. The van der Waals surface area contributed by atoms with Crippen LogP contribution in [0, 0.1) is 10.1 Å². The molecule has 2 aromatic rings. The number of hydrogen-bond acceptors (Lipinski definition) is 5. The van der Waals surface area contributed by atoms with E-state index in [2.05, 4.69) is 0 Å². The highest BCUT2D eigenvalue weighted by atomic mass is 16.6. The average molecular weight is 497 g/mol. The van der Waals surface area contributed by atoms with Crippen LogP contribution in [0.25, 0.3) is 0 Å². The molecule has 196 valence electrons. The SMILES string of the molecule is O=C(OCc1ccccc1)N(CCCCCO)Cc1cc(C2CCCCCCCC2)ccc1[N+](=O)[O-]. The highest BCUT2D eigenvalue weighted by Crippen LogP contribution is 2.33. The van der Waals surface area contributed by atoms with Gasteiger partial charge in [0, 0.05) is 24.8 Å². The minimum Gasteiger partial charge on any atom is -0.445 e. The van der Waals surface area contributed by atoms with E-state index in [0.29, 0.717) is 30.9 Å². The van der Waals surface area contributed by atoms with Crippen LogP contribution in [-0.2, 0) is 17.9 Å². The zero-order valence-corrected chi connectivity index (χ0v) is 21.3. The Bertz CT molecular complexity index is 940. The van der Waals surface area contributed by atoms with Gasteiger partial charge in [-0.25, -0.2) is 4.79 Å². The summed E-state index contributed by atoms with van der Waals surface area (Å²) in [7, 11) is 0. The molecule has 36 heavy (non-hydrogen) atoms. The molecule has 2 aromatic carbocycles. The molecule has 1 aliphatic rings. The van der Waals surface area contributed by atoms with E-state index < -0.39 is 6.09 Å². The predicted molar refractivity (Wildman–Crippen MR) is 141 cm³/mol. The van der Waals surface area contributed by atoms with E-state index in [1.54, 1.807) is 11.0 Å². The Morgan fingerprint density at radius 1 is 0.972 bits per heavy atom. The topological polar surface area (TPSA) is 92.9 Å². The number of rotatable bonds is 11. The van der Waals surface area contributed by atoms with E-state index in [9.17, 15) is 14.9 Å². The Kier molecular flexibility index (Phi) is 11.7. The monoisotopic (exact) mass is 496 g/mol. The second-order valence-corrected chi connectivity index (χ2v) is 9.79. The number of carbonyl (C=O) groups is 1. The third-order valence-electron chi connectivity index (χ3n) is 7.04. The van der Waals surface area contributed by atoms with E-state index in [1.807, 2.05) is 42.5 Å². The van der Waals surface area contributed by atoms with Crippen molar-refractivity contribution in [2.45, 2.75) is 89.7 Å². The van der Waals surface area contributed by atoms with Gasteiger partial charge in [0.1, 0.15) is 6.61 Å². The summed E-state index contributed by atoms with van der Waals surface area (Å²) in [5.74, 6) is 0.394. The molecule has 1 fully saturated rings. The van der Waals surface area contributed by atoms with Crippen LogP contribution in [0.3, 0.4) is 0 Å². The normalized spacial score (nSPS) is 14.9. The van der Waals surface area contributed by atoms with Crippen molar-refractivity contribution in [1.82, 2.24) is 4.90 Å². The smallest absolute Gasteiger partial charge is 0.410 e. The number of amides is 1. The van der Waals surface area contributed by atoms with Gasteiger partial charge in [-0.15, -0.1) is 0 Å². The Morgan fingerprint density at radius 2 is 1.67 bits per heavy atom. The lowest BCUT2D eigenvalue weighted by Crippen LogP contribution is -2.32. The maximum Gasteiger partial charge on any atom is 0.410 e. The molecule has 0 bridgehead atoms. The molecule has 3 rings (SSSR count). The number of ether oxygens (including phenoxy) is 1. The second kappa shape index (κ2) is 15.2. The van der Waals surface area contributed by atoms with Crippen molar-refractivity contribution >= 4 is 11.8 Å². The van der Waals surface area contributed by atoms with Gasteiger partial charge in [0.25, 0.3) is 5.69 Å². The van der Waals surface area contributed by atoms with Crippen LogP contribution in [0.2, 0.25) is 0 Å². The molecule has 7 nitrogen and oxygen atoms in total. The van der Waals surface area contributed by atoms with Gasteiger partial charge >= 0.3 is 6.09 Å². The molecule has 7 heteroatoms. The largest absolute Gasteiger partial charge is 0.445 e. The minimum absolute atomic E-state index is 0.0398. The predicted octanol–water partition coefficient (Wildman–Crippen LogP) is 7.11. The maximum atomic E-state index is 13.1. The van der Waals surface area contributed by atoms with Gasteiger partial charge in [-0.1, -0.05) is 74.9 Å². The van der Waals surface area contributed by atoms with Crippen molar-refractivity contribution < 1.29 is 19.6 Å². The molecule has 0 unspecified atom stereocenters. The van der Waals surface area contributed by atoms with Crippen LogP contribution in [-0.4, -0.2) is 34.2 Å². The number of nitro groups is 1. The van der Waals surface area contributed by atoms with Crippen molar-refractivity contribution in [2.24, 2.45) is 0 Å². The van der Waals surface area contributed by atoms with Crippen LogP contribution in [0.15, 0.2) is 48.5 Å². The fourth-order valence-corrected chi connectivity index (χ4v) is 4.97. The van der Waals surface area contributed by atoms with E-state index in [4.69, 9.17) is 9.84 Å². The van der Waals surface area contributed by atoms with Crippen LogP contribution < -0.4 is 0 Å².